The third kappa shape index (κ3) is 3.56. The maximum Gasteiger partial charge on any atom is 0.257 e. The number of nitrogens with zero attached hydrogens (tertiary/aromatic N) is 1. The minimum atomic E-state index is -0.567. The van der Waals surface area contributed by atoms with E-state index < -0.39 is 5.91 Å². The molecule has 1 heterocycles. The fourth-order valence-corrected chi connectivity index (χ4v) is 3.03. The maximum atomic E-state index is 12.8. The number of carbonyl (C=O) groups is 2. The predicted octanol–water partition coefficient (Wildman–Crippen LogP) is 2.18. The first kappa shape index (κ1) is 16.1. The van der Waals surface area contributed by atoms with Crippen LogP contribution in [0.5, 0.6) is 5.75 Å². The van der Waals surface area contributed by atoms with Crippen LogP contribution in [0.4, 0.5) is 0 Å². The van der Waals surface area contributed by atoms with Crippen LogP contribution in [0.2, 0.25) is 0 Å². The molecule has 24 heavy (non-hydrogen) atoms. The first-order valence-electron chi connectivity index (χ1n) is 7.99. The van der Waals surface area contributed by atoms with Crippen molar-refractivity contribution in [1.82, 2.24) is 4.90 Å². The second-order valence-electron chi connectivity index (χ2n) is 5.90. The highest BCUT2D eigenvalue weighted by atomic mass is 16.5. The van der Waals surface area contributed by atoms with Gasteiger partial charge in [-0.05, 0) is 24.1 Å². The van der Waals surface area contributed by atoms with E-state index >= 15 is 0 Å². The summed E-state index contributed by atoms with van der Waals surface area (Å²) in [7, 11) is 0. The number of carbonyl (C=O) groups excluding carboxylic acids is 2. The fraction of sp³-hybridized carbons (Fsp3) is 0.263. The summed E-state index contributed by atoms with van der Waals surface area (Å²) in [5.74, 6) is 0.106. The van der Waals surface area contributed by atoms with Crippen molar-refractivity contribution in [3.05, 3.63) is 65.7 Å². The van der Waals surface area contributed by atoms with Gasteiger partial charge in [-0.3, -0.25) is 9.59 Å². The Morgan fingerprint density at radius 2 is 1.79 bits per heavy atom. The molecule has 0 spiro atoms. The smallest absolute Gasteiger partial charge is 0.257 e. The van der Waals surface area contributed by atoms with Crippen LogP contribution in [0.15, 0.2) is 54.6 Å². The molecule has 0 aromatic heterocycles. The van der Waals surface area contributed by atoms with Gasteiger partial charge < -0.3 is 15.4 Å². The second kappa shape index (κ2) is 7.17. The molecule has 1 aliphatic rings. The monoisotopic (exact) mass is 324 g/mol. The van der Waals surface area contributed by atoms with Gasteiger partial charge in [0, 0.05) is 19.0 Å². The Hall–Kier alpha value is -2.82. The van der Waals surface area contributed by atoms with Gasteiger partial charge in [-0.2, -0.15) is 0 Å². The summed E-state index contributed by atoms with van der Waals surface area (Å²) in [6.07, 6.45) is 0.945. The van der Waals surface area contributed by atoms with E-state index in [9.17, 15) is 9.59 Å². The first-order valence-corrected chi connectivity index (χ1v) is 7.99. The van der Waals surface area contributed by atoms with Crippen LogP contribution in [0.3, 0.4) is 0 Å². The molecule has 1 aliphatic heterocycles. The number of nitrogens with two attached hydrogens (primary N) is 1. The van der Waals surface area contributed by atoms with Crippen molar-refractivity contribution in [2.45, 2.75) is 12.3 Å². The lowest BCUT2D eigenvalue weighted by Crippen LogP contribution is -2.29. The maximum absolute atomic E-state index is 12.8. The molecule has 2 aromatic carbocycles. The third-order valence-electron chi connectivity index (χ3n) is 4.23. The van der Waals surface area contributed by atoms with Gasteiger partial charge in [0.05, 0.1) is 5.56 Å². The molecule has 1 fully saturated rings. The zero-order valence-corrected chi connectivity index (χ0v) is 13.4. The van der Waals surface area contributed by atoms with Crippen LogP contribution < -0.4 is 10.5 Å². The first-order chi connectivity index (χ1) is 11.6. The Morgan fingerprint density at radius 3 is 2.54 bits per heavy atom. The number of rotatable bonds is 5. The zero-order valence-electron chi connectivity index (χ0n) is 13.4. The van der Waals surface area contributed by atoms with E-state index in [2.05, 4.69) is 12.1 Å². The number of para-hydroxylation sites is 1. The van der Waals surface area contributed by atoms with Crippen LogP contribution >= 0.6 is 0 Å². The summed E-state index contributed by atoms with van der Waals surface area (Å²) in [6, 6.07) is 17.2. The van der Waals surface area contributed by atoms with Gasteiger partial charge in [0.2, 0.25) is 0 Å². The van der Waals surface area contributed by atoms with Gasteiger partial charge in [0.1, 0.15) is 5.75 Å². The number of benzene rings is 2. The van der Waals surface area contributed by atoms with Gasteiger partial charge >= 0.3 is 0 Å². The summed E-state index contributed by atoms with van der Waals surface area (Å²) in [5.41, 5.74) is 6.83. The normalized spacial score (nSPS) is 16.8. The van der Waals surface area contributed by atoms with Gasteiger partial charge in [0.15, 0.2) is 6.61 Å². The van der Waals surface area contributed by atoms with Crippen LogP contribution in [-0.2, 0) is 4.79 Å². The van der Waals surface area contributed by atoms with E-state index in [0.29, 0.717) is 30.3 Å². The van der Waals surface area contributed by atoms with Crippen molar-refractivity contribution >= 4 is 11.8 Å². The van der Waals surface area contributed by atoms with Crippen molar-refractivity contribution in [2.75, 3.05) is 19.7 Å². The highest BCUT2D eigenvalue weighted by molar-refractivity contribution is 5.97. The lowest BCUT2D eigenvalue weighted by molar-refractivity contribution is -0.119. The second-order valence-corrected chi connectivity index (χ2v) is 5.90. The van der Waals surface area contributed by atoms with Crippen LogP contribution in [0.25, 0.3) is 0 Å². The predicted molar refractivity (Wildman–Crippen MR) is 90.8 cm³/mol. The standard InChI is InChI=1S/C19H20N2O3/c20-18(22)13-24-17-9-5-4-8-16(17)19(23)21-11-10-15(12-21)14-6-2-1-3-7-14/h1-9,15H,10-13H2,(H2,20,22). The molecule has 2 N–H and O–H groups in total. The van der Waals surface area contributed by atoms with Gasteiger partial charge in [-0.15, -0.1) is 0 Å². The average molecular weight is 324 g/mol. The summed E-state index contributed by atoms with van der Waals surface area (Å²) < 4.78 is 5.37. The number of hydrogen-bond acceptors (Lipinski definition) is 3. The van der Waals surface area contributed by atoms with Crippen LogP contribution in [0.1, 0.15) is 28.3 Å². The molecule has 3 rings (SSSR count). The van der Waals surface area contributed by atoms with Crippen LogP contribution in [-0.4, -0.2) is 36.4 Å². The van der Waals surface area contributed by atoms with E-state index in [1.54, 1.807) is 24.3 Å². The SMILES string of the molecule is NC(=O)COc1ccccc1C(=O)N1CCC(c2ccccc2)C1. The molecule has 1 unspecified atom stereocenters. The summed E-state index contributed by atoms with van der Waals surface area (Å²) >= 11 is 0. The molecular formula is C19H20N2O3. The third-order valence-corrected chi connectivity index (χ3v) is 4.23. The lowest BCUT2D eigenvalue weighted by atomic mass is 9.99. The molecule has 0 saturated carbocycles. The Balaban J connectivity index is 1.72. The number of ether oxygens (including phenoxy) is 1. The van der Waals surface area contributed by atoms with E-state index in [0.717, 1.165) is 6.42 Å². The van der Waals surface area contributed by atoms with Gasteiger partial charge in [-0.1, -0.05) is 42.5 Å². The molecule has 0 aliphatic carbocycles. The summed E-state index contributed by atoms with van der Waals surface area (Å²) in [4.78, 5) is 25.6. The largest absolute Gasteiger partial charge is 0.483 e. The van der Waals surface area contributed by atoms with E-state index in [-0.39, 0.29) is 12.5 Å². The van der Waals surface area contributed by atoms with Crippen molar-refractivity contribution in [2.24, 2.45) is 5.73 Å². The molecule has 5 nitrogen and oxygen atoms in total. The van der Waals surface area contributed by atoms with E-state index in [1.165, 1.54) is 5.56 Å². The van der Waals surface area contributed by atoms with Gasteiger partial charge in [0.25, 0.3) is 11.8 Å². The van der Waals surface area contributed by atoms with Crippen molar-refractivity contribution in [3.63, 3.8) is 0 Å². The Morgan fingerprint density at radius 1 is 1.08 bits per heavy atom. The molecule has 0 radical (unpaired) electrons. The van der Waals surface area contributed by atoms with E-state index in [1.807, 2.05) is 23.1 Å². The molecule has 5 heteroatoms. The zero-order chi connectivity index (χ0) is 16.9. The Bertz CT molecular complexity index is 730. The fourth-order valence-electron chi connectivity index (χ4n) is 3.03. The Labute approximate surface area is 141 Å². The average Bonchev–Trinajstić information content (AvgIpc) is 3.10. The minimum absolute atomic E-state index is 0.0755. The summed E-state index contributed by atoms with van der Waals surface area (Å²) in [6.45, 7) is 1.16. The molecular weight excluding hydrogens is 304 g/mol. The van der Waals surface area contributed by atoms with Gasteiger partial charge in [-0.25, -0.2) is 0 Å². The number of primary amides is 1. The quantitative estimate of drug-likeness (QED) is 0.916. The minimum Gasteiger partial charge on any atom is -0.483 e. The Kier molecular flexibility index (Phi) is 4.79. The molecule has 124 valence electrons. The van der Waals surface area contributed by atoms with Crippen molar-refractivity contribution in [3.8, 4) is 5.75 Å². The lowest BCUT2D eigenvalue weighted by Gasteiger charge is -2.18. The molecule has 1 saturated heterocycles. The molecule has 0 bridgehead atoms. The van der Waals surface area contributed by atoms with Crippen LogP contribution in [0, 0.1) is 0 Å². The molecule has 2 aromatic rings. The van der Waals surface area contributed by atoms with Crippen molar-refractivity contribution < 1.29 is 14.3 Å². The highest BCUT2D eigenvalue weighted by Crippen LogP contribution is 2.29. The van der Waals surface area contributed by atoms with Crippen molar-refractivity contribution in [1.29, 1.82) is 0 Å². The number of hydrogen-bond donors (Lipinski definition) is 1. The number of amides is 2. The number of likely N-dealkylation sites (tertiary alicyclic amines) is 1. The topological polar surface area (TPSA) is 72.6 Å². The molecule has 2 amide bonds. The highest BCUT2D eigenvalue weighted by Gasteiger charge is 2.29. The summed E-state index contributed by atoms with van der Waals surface area (Å²) in [5, 5.41) is 0. The molecule has 1 atom stereocenters. The van der Waals surface area contributed by atoms with E-state index in [4.69, 9.17) is 10.5 Å².